The molecular formula is C32H38F2N4O4. The third-order valence-corrected chi connectivity index (χ3v) is 7.22. The molecule has 0 aromatic heterocycles. The summed E-state index contributed by atoms with van der Waals surface area (Å²) in [5.41, 5.74) is 11.3. The number of ether oxygens (including phenoxy) is 2. The second kappa shape index (κ2) is 15.4. The molecule has 0 saturated carbocycles. The molecule has 5 N–H and O–H groups in total. The zero-order chi connectivity index (χ0) is 29.9. The number of morpholine rings is 1. The zero-order valence-electron chi connectivity index (χ0n) is 23.6. The third-order valence-electron chi connectivity index (χ3n) is 7.22. The fourth-order valence-corrected chi connectivity index (χ4v) is 4.98. The van der Waals surface area contributed by atoms with Crippen LogP contribution in [-0.2, 0) is 20.7 Å². The van der Waals surface area contributed by atoms with Crippen LogP contribution in [0.3, 0.4) is 0 Å². The minimum Gasteiger partial charge on any atom is -0.448 e. The molecule has 1 aliphatic rings. The Bertz CT molecular complexity index is 1250. The monoisotopic (exact) mass is 580 g/mol. The van der Waals surface area contributed by atoms with E-state index in [9.17, 15) is 18.4 Å². The summed E-state index contributed by atoms with van der Waals surface area (Å²) in [6, 6.07) is 24.5. The van der Waals surface area contributed by atoms with Gasteiger partial charge >= 0.3 is 6.09 Å². The Morgan fingerprint density at radius 1 is 1.05 bits per heavy atom. The summed E-state index contributed by atoms with van der Waals surface area (Å²) in [7, 11) is 0. The summed E-state index contributed by atoms with van der Waals surface area (Å²) < 4.78 is 35.3. The molecule has 0 bridgehead atoms. The molecule has 4 rings (SSSR count). The van der Waals surface area contributed by atoms with Crippen molar-refractivity contribution in [2.24, 2.45) is 5.73 Å². The van der Waals surface area contributed by atoms with E-state index in [0.29, 0.717) is 26.0 Å². The van der Waals surface area contributed by atoms with Crippen LogP contribution in [0, 0.1) is 6.92 Å². The number of halogens is 2. The van der Waals surface area contributed by atoms with Gasteiger partial charge in [-0.2, -0.15) is 0 Å². The molecule has 0 aliphatic carbocycles. The molecule has 0 radical (unpaired) electrons. The second-order valence-corrected chi connectivity index (χ2v) is 10.4. The molecule has 3 aromatic rings. The number of carbonyl (C=O) groups excluding carboxylic acids is 2. The van der Waals surface area contributed by atoms with Crippen LogP contribution in [0.25, 0.3) is 0 Å². The van der Waals surface area contributed by atoms with Gasteiger partial charge in [-0.25, -0.2) is 13.6 Å². The van der Waals surface area contributed by atoms with Gasteiger partial charge in [0.15, 0.2) is 0 Å². The summed E-state index contributed by atoms with van der Waals surface area (Å²) in [6.07, 6.45) is -2.23. The van der Waals surface area contributed by atoms with Crippen LogP contribution in [0.4, 0.5) is 19.3 Å². The molecule has 1 fully saturated rings. The molecule has 1 saturated heterocycles. The number of carbonyl (C=O) groups is 2. The highest BCUT2D eigenvalue weighted by molar-refractivity contribution is 5.96. The summed E-state index contributed by atoms with van der Waals surface area (Å²) in [5, 5.41) is 8.37. The van der Waals surface area contributed by atoms with E-state index in [1.54, 1.807) is 0 Å². The van der Waals surface area contributed by atoms with Crippen LogP contribution in [0.5, 0.6) is 0 Å². The molecule has 0 spiro atoms. The van der Waals surface area contributed by atoms with Crippen molar-refractivity contribution in [3.63, 3.8) is 0 Å². The third kappa shape index (κ3) is 9.07. The van der Waals surface area contributed by atoms with Gasteiger partial charge in [-0.05, 0) is 48.1 Å². The summed E-state index contributed by atoms with van der Waals surface area (Å²) in [6.45, 7) is 2.10. The summed E-state index contributed by atoms with van der Waals surface area (Å²) >= 11 is 0. The van der Waals surface area contributed by atoms with E-state index in [-0.39, 0.29) is 30.6 Å². The average molecular weight is 581 g/mol. The van der Waals surface area contributed by atoms with Gasteiger partial charge in [-0.15, -0.1) is 0 Å². The number of amides is 2. The van der Waals surface area contributed by atoms with Gasteiger partial charge in [0.2, 0.25) is 5.91 Å². The molecule has 224 valence electrons. The van der Waals surface area contributed by atoms with Gasteiger partial charge < -0.3 is 31.2 Å². The van der Waals surface area contributed by atoms with Gasteiger partial charge in [0.1, 0.15) is 6.61 Å². The molecule has 10 heteroatoms. The van der Waals surface area contributed by atoms with Gasteiger partial charge in [0, 0.05) is 18.2 Å². The minimum absolute atomic E-state index is 0.0170. The minimum atomic E-state index is -2.63. The van der Waals surface area contributed by atoms with Gasteiger partial charge in [-0.3, -0.25) is 4.79 Å². The van der Waals surface area contributed by atoms with Crippen LogP contribution in [0.1, 0.15) is 34.6 Å². The first-order chi connectivity index (χ1) is 20.3. The predicted octanol–water partition coefficient (Wildman–Crippen LogP) is 4.37. The number of hydrogen-bond donors (Lipinski definition) is 4. The maximum Gasteiger partial charge on any atom is 0.407 e. The number of benzene rings is 3. The van der Waals surface area contributed by atoms with Crippen LogP contribution >= 0.6 is 0 Å². The lowest BCUT2D eigenvalue weighted by Crippen LogP contribution is -2.49. The van der Waals surface area contributed by atoms with E-state index in [1.807, 2.05) is 91.1 Å². The zero-order valence-corrected chi connectivity index (χ0v) is 23.6. The summed E-state index contributed by atoms with van der Waals surface area (Å²) in [5.74, 6) is -0.578. The fourth-order valence-electron chi connectivity index (χ4n) is 4.98. The number of anilines is 1. The van der Waals surface area contributed by atoms with E-state index < -0.39 is 25.1 Å². The Hall–Kier alpha value is -3.86. The Labute approximate surface area is 245 Å². The second-order valence-electron chi connectivity index (χ2n) is 10.4. The van der Waals surface area contributed by atoms with Gasteiger partial charge in [0.05, 0.1) is 31.3 Å². The highest BCUT2D eigenvalue weighted by atomic mass is 19.3. The predicted molar refractivity (Wildman–Crippen MR) is 158 cm³/mol. The number of nitrogens with one attached hydrogen (secondary N) is 3. The van der Waals surface area contributed by atoms with E-state index in [1.165, 1.54) is 0 Å². The first-order valence-electron chi connectivity index (χ1n) is 14.1. The molecule has 42 heavy (non-hydrogen) atoms. The fraction of sp³-hybridized carbons (Fsp3) is 0.375. The van der Waals surface area contributed by atoms with E-state index in [0.717, 1.165) is 27.9 Å². The molecule has 3 atom stereocenters. The standard InChI is InChI=1S/C32H38F2N4O4/c1-21-12-13-22(14-15-26-17-36-25(19-41-26)20-42-32(40)37-18-28(33)34)27(16-21)38-31(39)30(35)29(23-8-4-2-5-9-23)24-10-6-3-7-11-24/h2-13,16,25-26,28-30,36H,14-15,17-20,35H2,1H3,(H,37,40)(H,38,39)/t25-,26+,30-/m0/s1. The number of rotatable bonds is 12. The Kier molecular flexibility index (Phi) is 11.4. The van der Waals surface area contributed by atoms with Crippen molar-refractivity contribution in [1.29, 1.82) is 0 Å². The van der Waals surface area contributed by atoms with E-state index >= 15 is 0 Å². The Morgan fingerprint density at radius 3 is 2.31 bits per heavy atom. The number of nitrogens with two attached hydrogens (primary N) is 1. The van der Waals surface area contributed by atoms with Crippen molar-refractivity contribution < 1.29 is 27.8 Å². The first kappa shape index (κ1) is 31.1. The van der Waals surface area contributed by atoms with Crippen molar-refractivity contribution in [2.45, 2.75) is 50.3 Å². The normalized spacial score (nSPS) is 17.6. The smallest absolute Gasteiger partial charge is 0.407 e. The average Bonchev–Trinajstić information content (AvgIpc) is 3.00. The SMILES string of the molecule is Cc1ccc(CC[C@@H]2CN[C@H](COC(=O)NCC(F)F)CO2)c(NC(=O)[C@@H](N)C(c2ccccc2)c2ccccc2)c1. The molecule has 1 aliphatic heterocycles. The molecule has 0 unspecified atom stereocenters. The molecular weight excluding hydrogens is 542 g/mol. The number of alkyl carbamates (subject to hydrolysis) is 1. The lowest BCUT2D eigenvalue weighted by atomic mass is 9.85. The van der Waals surface area contributed by atoms with Crippen molar-refractivity contribution >= 4 is 17.7 Å². The van der Waals surface area contributed by atoms with Crippen LogP contribution in [0.2, 0.25) is 0 Å². The summed E-state index contributed by atoms with van der Waals surface area (Å²) in [4.78, 5) is 25.0. The van der Waals surface area contributed by atoms with Crippen molar-refractivity contribution in [1.82, 2.24) is 10.6 Å². The maximum absolute atomic E-state index is 13.5. The first-order valence-corrected chi connectivity index (χ1v) is 14.1. The topological polar surface area (TPSA) is 115 Å². The number of hydrogen-bond acceptors (Lipinski definition) is 6. The highest BCUT2D eigenvalue weighted by Gasteiger charge is 2.28. The van der Waals surface area contributed by atoms with Crippen LogP contribution in [0.15, 0.2) is 78.9 Å². The molecule has 2 amide bonds. The Balaban J connectivity index is 1.33. The quantitative estimate of drug-likeness (QED) is 0.253. The molecule has 1 heterocycles. The van der Waals surface area contributed by atoms with E-state index in [2.05, 4.69) is 10.6 Å². The van der Waals surface area contributed by atoms with Crippen molar-refractivity contribution in [3.8, 4) is 0 Å². The number of aryl methyl sites for hydroxylation is 2. The van der Waals surface area contributed by atoms with E-state index in [4.69, 9.17) is 15.2 Å². The van der Waals surface area contributed by atoms with Crippen LogP contribution in [-0.4, -0.2) is 62.9 Å². The lowest BCUT2D eigenvalue weighted by molar-refractivity contribution is -0.117. The number of alkyl halides is 2. The highest BCUT2D eigenvalue weighted by Crippen LogP contribution is 2.29. The molecule has 3 aromatic carbocycles. The van der Waals surface area contributed by atoms with Gasteiger partial charge in [-0.1, -0.05) is 72.8 Å². The largest absolute Gasteiger partial charge is 0.448 e. The molecule has 8 nitrogen and oxygen atoms in total. The van der Waals surface area contributed by atoms with Crippen molar-refractivity contribution in [2.75, 3.05) is 31.6 Å². The van der Waals surface area contributed by atoms with Crippen LogP contribution < -0.4 is 21.7 Å². The van der Waals surface area contributed by atoms with Gasteiger partial charge in [0.25, 0.3) is 6.43 Å². The lowest BCUT2D eigenvalue weighted by Gasteiger charge is -2.30. The van der Waals surface area contributed by atoms with Crippen molar-refractivity contribution in [3.05, 3.63) is 101 Å². The Morgan fingerprint density at radius 2 is 1.71 bits per heavy atom. The maximum atomic E-state index is 13.5.